The van der Waals surface area contributed by atoms with Crippen molar-refractivity contribution in [3.05, 3.63) is 12.2 Å². The van der Waals surface area contributed by atoms with Crippen LogP contribution in [0.1, 0.15) is 13.3 Å². The Hall–Kier alpha value is -1.93. The van der Waals surface area contributed by atoms with Crippen LogP contribution >= 0.6 is 0 Å². The topological polar surface area (TPSA) is 52.6 Å². The molecule has 0 bridgehead atoms. The van der Waals surface area contributed by atoms with Crippen LogP contribution in [0.4, 0.5) is 48.3 Å². The zero-order valence-electron chi connectivity index (χ0n) is 12.9. The fourth-order valence-electron chi connectivity index (χ4n) is 1.20. The van der Waals surface area contributed by atoms with Crippen molar-refractivity contribution in [2.75, 3.05) is 6.61 Å². The monoisotopic (exact) mass is 426 g/mol. The second-order valence-corrected chi connectivity index (χ2v) is 4.87. The Morgan fingerprint density at radius 3 is 1.63 bits per heavy atom. The Balaban J connectivity index is 5.63. The van der Waals surface area contributed by atoms with Crippen LogP contribution in [0.15, 0.2) is 12.2 Å². The lowest BCUT2D eigenvalue weighted by Crippen LogP contribution is -2.61. The summed E-state index contributed by atoms with van der Waals surface area (Å²) in [6.45, 7) is 2.69. The number of Topliss-reactive ketones (excluding diaryl/α,β-unsaturated/α-hetero) is 1. The fourth-order valence-corrected chi connectivity index (χ4v) is 1.20. The summed E-state index contributed by atoms with van der Waals surface area (Å²) >= 11 is 0. The summed E-state index contributed by atoms with van der Waals surface area (Å²) < 4.78 is 144. The molecule has 1 atom stereocenters. The highest BCUT2D eigenvalue weighted by molar-refractivity contribution is 5.88. The molecule has 0 amide bonds. The molecule has 0 aromatic rings. The van der Waals surface area contributed by atoms with Gasteiger partial charge >= 0.3 is 36.2 Å². The highest BCUT2D eigenvalue weighted by Crippen LogP contribution is 2.51. The lowest BCUT2D eigenvalue weighted by molar-refractivity contribution is -0.472. The van der Waals surface area contributed by atoms with Crippen LogP contribution in [0.25, 0.3) is 0 Å². The molecule has 0 aromatic carbocycles. The van der Waals surface area contributed by atoms with Crippen molar-refractivity contribution in [3.63, 3.8) is 0 Å². The van der Waals surface area contributed by atoms with Gasteiger partial charge in [0.1, 0.15) is 0 Å². The van der Waals surface area contributed by atoms with E-state index in [1.165, 1.54) is 0 Å². The molecule has 0 rings (SSSR count). The Labute approximate surface area is 142 Å². The van der Waals surface area contributed by atoms with E-state index in [0.29, 0.717) is 0 Å². The van der Waals surface area contributed by atoms with Crippen LogP contribution in [0.3, 0.4) is 0 Å². The summed E-state index contributed by atoms with van der Waals surface area (Å²) in [6, 6.07) is 0. The van der Waals surface area contributed by atoms with Gasteiger partial charge in [0.2, 0.25) is 5.78 Å². The molecule has 0 fully saturated rings. The van der Waals surface area contributed by atoms with Crippen molar-refractivity contribution in [1.82, 2.24) is 0 Å². The Morgan fingerprint density at radius 2 is 1.30 bits per heavy atom. The second-order valence-electron chi connectivity index (χ2n) is 4.87. The van der Waals surface area contributed by atoms with E-state index in [4.69, 9.17) is 0 Å². The Morgan fingerprint density at radius 1 is 0.852 bits per heavy atom. The number of hydrogen-bond donors (Lipinski definition) is 0. The quantitative estimate of drug-likeness (QED) is 0.333. The third-order valence-corrected chi connectivity index (χ3v) is 2.62. The van der Waals surface area contributed by atoms with E-state index in [9.17, 15) is 57.9 Å². The number of rotatable bonds is 8. The van der Waals surface area contributed by atoms with Crippen molar-refractivity contribution in [1.29, 1.82) is 0 Å². The standard InChI is InChI=1S/C12H9F11O4/c1-5(2)7(25)26-4-3-6(24)8(13,10(16,17)18)27-12(22,23)9(14,15)11(19,20)21/h1,3-4H2,2H3. The van der Waals surface area contributed by atoms with Crippen molar-refractivity contribution in [2.45, 2.75) is 43.6 Å². The Bertz CT molecular complexity index is 593. The molecule has 0 radical (unpaired) electrons. The van der Waals surface area contributed by atoms with Gasteiger partial charge in [0.05, 0.1) is 6.61 Å². The summed E-state index contributed by atoms with van der Waals surface area (Å²) in [5, 5.41) is 0. The number of esters is 1. The van der Waals surface area contributed by atoms with Crippen molar-refractivity contribution < 1.29 is 67.4 Å². The highest BCUT2D eigenvalue weighted by atomic mass is 19.4. The number of carbonyl (C=O) groups is 2. The van der Waals surface area contributed by atoms with Crippen molar-refractivity contribution >= 4 is 11.8 Å². The molecule has 0 aromatic heterocycles. The molecule has 0 heterocycles. The van der Waals surface area contributed by atoms with Gasteiger partial charge in [-0.05, 0) is 6.92 Å². The minimum absolute atomic E-state index is 0.336. The second kappa shape index (κ2) is 7.59. The Kier molecular flexibility index (Phi) is 7.05. The van der Waals surface area contributed by atoms with Gasteiger partial charge in [0.25, 0.3) is 0 Å². The molecular formula is C12H9F11O4. The van der Waals surface area contributed by atoms with Crippen LogP contribution in [0, 0.1) is 0 Å². The van der Waals surface area contributed by atoms with E-state index >= 15 is 0 Å². The number of ketones is 1. The maximum atomic E-state index is 13.8. The normalized spacial score (nSPS) is 15.9. The van der Waals surface area contributed by atoms with Crippen LogP contribution < -0.4 is 0 Å². The van der Waals surface area contributed by atoms with E-state index in [-0.39, 0.29) is 5.57 Å². The average molecular weight is 426 g/mol. The minimum atomic E-state index is -7.27. The summed E-state index contributed by atoms with van der Waals surface area (Å²) in [7, 11) is 0. The first-order valence-electron chi connectivity index (χ1n) is 6.35. The molecule has 158 valence electrons. The summed E-state index contributed by atoms with van der Waals surface area (Å²) in [6.07, 6.45) is -22.9. The first-order valence-corrected chi connectivity index (χ1v) is 6.35. The molecule has 0 aliphatic rings. The molecule has 0 aliphatic heterocycles. The average Bonchev–Trinajstić information content (AvgIpc) is 2.43. The summed E-state index contributed by atoms with van der Waals surface area (Å²) in [4.78, 5) is 22.1. The van der Waals surface area contributed by atoms with Gasteiger partial charge in [-0.3, -0.25) is 9.53 Å². The van der Waals surface area contributed by atoms with Gasteiger partial charge < -0.3 is 4.74 Å². The maximum absolute atomic E-state index is 13.8. The number of halogens is 11. The van der Waals surface area contributed by atoms with Gasteiger partial charge in [-0.1, -0.05) is 6.58 Å². The SMILES string of the molecule is C=C(C)C(=O)OCCC(=O)C(F)(OC(F)(F)C(F)(F)C(F)(F)F)C(F)(F)F. The third kappa shape index (κ3) is 5.29. The van der Waals surface area contributed by atoms with Crippen LogP contribution in [0.2, 0.25) is 0 Å². The molecule has 0 saturated carbocycles. The molecule has 15 heteroatoms. The molecule has 4 nitrogen and oxygen atoms in total. The van der Waals surface area contributed by atoms with E-state index in [2.05, 4.69) is 11.3 Å². The first kappa shape index (κ1) is 25.1. The third-order valence-electron chi connectivity index (χ3n) is 2.62. The largest absolute Gasteiger partial charge is 0.462 e. The van der Waals surface area contributed by atoms with Gasteiger partial charge in [-0.2, -0.15) is 48.3 Å². The van der Waals surface area contributed by atoms with Crippen LogP contribution in [0.5, 0.6) is 0 Å². The molecule has 0 aliphatic carbocycles. The van der Waals surface area contributed by atoms with E-state index < -0.39 is 55.0 Å². The fraction of sp³-hybridized carbons (Fsp3) is 0.667. The summed E-state index contributed by atoms with van der Waals surface area (Å²) in [5.41, 5.74) is -0.336. The van der Waals surface area contributed by atoms with Crippen molar-refractivity contribution in [2.24, 2.45) is 0 Å². The van der Waals surface area contributed by atoms with Crippen LogP contribution in [-0.2, 0) is 19.1 Å². The van der Waals surface area contributed by atoms with Gasteiger partial charge in [0.15, 0.2) is 0 Å². The summed E-state index contributed by atoms with van der Waals surface area (Å²) in [5.74, 6) is -17.9. The molecule has 0 saturated heterocycles. The molecule has 0 N–H and O–H groups in total. The lowest BCUT2D eigenvalue weighted by atomic mass is 10.1. The molecule has 0 spiro atoms. The van der Waals surface area contributed by atoms with Gasteiger partial charge in [-0.25, -0.2) is 4.79 Å². The first-order chi connectivity index (χ1) is 11.7. The number of alkyl halides is 11. The molecular weight excluding hydrogens is 417 g/mol. The number of ether oxygens (including phenoxy) is 2. The minimum Gasteiger partial charge on any atom is -0.462 e. The number of carbonyl (C=O) groups excluding carboxylic acids is 2. The predicted molar refractivity (Wildman–Crippen MR) is 62.3 cm³/mol. The molecule has 1 unspecified atom stereocenters. The molecule has 27 heavy (non-hydrogen) atoms. The zero-order valence-corrected chi connectivity index (χ0v) is 12.9. The lowest BCUT2D eigenvalue weighted by Gasteiger charge is -2.34. The van der Waals surface area contributed by atoms with Crippen molar-refractivity contribution in [3.8, 4) is 0 Å². The predicted octanol–water partition coefficient (Wildman–Crippen LogP) is 4.10. The van der Waals surface area contributed by atoms with Gasteiger partial charge in [0, 0.05) is 12.0 Å². The van der Waals surface area contributed by atoms with Crippen LogP contribution in [-0.4, -0.2) is 48.6 Å². The smallest absolute Gasteiger partial charge is 0.462 e. The maximum Gasteiger partial charge on any atom is 0.462 e. The zero-order chi connectivity index (χ0) is 22.1. The number of hydrogen-bond acceptors (Lipinski definition) is 4. The highest BCUT2D eigenvalue weighted by Gasteiger charge is 2.79. The van der Waals surface area contributed by atoms with E-state index in [1.54, 1.807) is 0 Å². The van der Waals surface area contributed by atoms with Gasteiger partial charge in [-0.15, -0.1) is 0 Å². The van der Waals surface area contributed by atoms with E-state index in [0.717, 1.165) is 6.92 Å². The van der Waals surface area contributed by atoms with E-state index in [1.807, 2.05) is 4.74 Å².